The summed E-state index contributed by atoms with van der Waals surface area (Å²) in [4.78, 5) is 11.1. The molecule has 0 saturated carbocycles. The second-order valence-corrected chi connectivity index (χ2v) is 4.25. The first-order valence-electron chi connectivity index (χ1n) is 5.89. The highest BCUT2D eigenvalue weighted by molar-refractivity contribution is 5.91. The number of ether oxygens (including phenoxy) is 1. The molecule has 0 spiro atoms. The van der Waals surface area contributed by atoms with Crippen molar-refractivity contribution in [2.24, 2.45) is 0 Å². The van der Waals surface area contributed by atoms with E-state index in [4.69, 9.17) is 9.84 Å². The fraction of sp³-hybridized carbons (Fsp3) is 0.133. The van der Waals surface area contributed by atoms with Crippen molar-refractivity contribution in [3.8, 4) is 5.75 Å². The van der Waals surface area contributed by atoms with Crippen molar-refractivity contribution < 1.29 is 23.4 Å². The van der Waals surface area contributed by atoms with Crippen LogP contribution in [0.4, 0.5) is 8.78 Å². The van der Waals surface area contributed by atoms with Gasteiger partial charge in [0.25, 0.3) is 0 Å². The minimum absolute atomic E-state index is 0.0400. The topological polar surface area (TPSA) is 46.5 Å². The maximum atomic E-state index is 13.5. The van der Waals surface area contributed by atoms with Gasteiger partial charge < -0.3 is 9.84 Å². The first-order chi connectivity index (χ1) is 9.50. The number of carbonyl (C=O) groups is 1. The molecule has 0 aliphatic carbocycles. The van der Waals surface area contributed by atoms with E-state index in [1.165, 1.54) is 12.1 Å². The lowest BCUT2D eigenvalue weighted by Gasteiger charge is -2.12. The molecule has 0 unspecified atom stereocenters. The third kappa shape index (κ3) is 2.77. The number of carboxylic acid groups (broad SMARTS) is 1. The summed E-state index contributed by atoms with van der Waals surface area (Å²) in [6, 6.07) is 8.12. The Morgan fingerprint density at radius 1 is 1.15 bits per heavy atom. The standard InChI is InChI=1S/C15H12F2O3/c1-9-4-2-5-10(15(18)19)14(9)20-8-11-12(16)6-3-7-13(11)17/h2-7H,8H2,1H3,(H,18,19). The molecular formula is C15H12F2O3. The summed E-state index contributed by atoms with van der Waals surface area (Å²) in [6.07, 6.45) is 0. The van der Waals surface area contributed by atoms with Gasteiger partial charge in [0.15, 0.2) is 0 Å². The van der Waals surface area contributed by atoms with E-state index < -0.39 is 17.6 Å². The van der Waals surface area contributed by atoms with Gasteiger partial charge in [0.05, 0.1) is 5.56 Å². The van der Waals surface area contributed by atoms with Gasteiger partial charge in [-0.2, -0.15) is 0 Å². The molecule has 0 radical (unpaired) electrons. The molecule has 2 rings (SSSR count). The molecule has 0 aromatic heterocycles. The number of aromatic carboxylic acids is 1. The number of benzene rings is 2. The molecule has 20 heavy (non-hydrogen) atoms. The lowest BCUT2D eigenvalue weighted by molar-refractivity contribution is 0.0691. The Bertz CT molecular complexity index is 633. The average Bonchev–Trinajstić information content (AvgIpc) is 2.39. The third-order valence-corrected chi connectivity index (χ3v) is 2.86. The van der Waals surface area contributed by atoms with Crippen LogP contribution in [0.1, 0.15) is 21.5 Å². The molecule has 0 amide bonds. The van der Waals surface area contributed by atoms with E-state index in [9.17, 15) is 13.6 Å². The van der Waals surface area contributed by atoms with Gasteiger partial charge in [0.1, 0.15) is 29.6 Å². The lowest BCUT2D eigenvalue weighted by atomic mass is 10.1. The van der Waals surface area contributed by atoms with E-state index in [1.807, 2.05) is 0 Å². The summed E-state index contributed by atoms with van der Waals surface area (Å²) in [5.74, 6) is -2.49. The fourth-order valence-corrected chi connectivity index (χ4v) is 1.83. The van der Waals surface area contributed by atoms with Crippen molar-refractivity contribution in [2.75, 3.05) is 0 Å². The van der Waals surface area contributed by atoms with Crippen LogP contribution < -0.4 is 4.74 Å². The summed E-state index contributed by atoms with van der Waals surface area (Å²) in [5, 5.41) is 9.07. The minimum atomic E-state index is -1.15. The number of carboxylic acids is 1. The molecule has 104 valence electrons. The second kappa shape index (κ2) is 5.69. The first kappa shape index (κ1) is 14.0. The second-order valence-electron chi connectivity index (χ2n) is 4.25. The van der Waals surface area contributed by atoms with E-state index in [0.29, 0.717) is 5.56 Å². The van der Waals surface area contributed by atoms with Gasteiger partial charge in [-0.25, -0.2) is 13.6 Å². The molecule has 3 nitrogen and oxygen atoms in total. The monoisotopic (exact) mass is 278 g/mol. The highest BCUT2D eigenvalue weighted by Gasteiger charge is 2.15. The SMILES string of the molecule is Cc1cccc(C(=O)O)c1OCc1c(F)cccc1F. The predicted octanol–water partition coefficient (Wildman–Crippen LogP) is 3.55. The number of rotatable bonds is 4. The average molecular weight is 278 g/mol. The van der Waals surface area contributed by atoms with E-state index in [0.717, 1.165) is 12.1 Å². The maximum absolute atomic E-state index is 13.5. The van der Waals surface area contributed by atoms with E-state index in [1.54, 1.807) is 19.1 Å². The van der Waals surface area contributed by atoms with Gasteiger partial charge in [-0.05, 0) is 30.7 Å². The number of para-hydroxylation sites is 1. The minimum Gasteiger partial charge on any atom is -0.488 e. The summed E-state index contributed by atoms with van der Waals surface area (Å²) >= 11 is 0. The van der Waals surface area contributed by atoms with Gasteiger partial charge in [-0.15, -0.1) is 0 Å². The molecule has 5 heteroatoms. The Hall–Kier alpha value is -2.43. The Morgan fingerprint density at radius 2 is 1.75 bits per heavy atom. The lowest BCUT2D eigenvalue weighted by Crippen LogP contribution is -2.07. The largest absolute Gasteiger partial charge is 0.488 e. The van der Waals surface area contributed by atoms with Crippen molar-refractivity contribution in [3.05, 3.63) is 64.7 Å². The Kier molecular flexibility index (Phi) is 3.98. The molecule has 0 atom stereocenters. The summed E-state index contributed by atoms with van der Waals surface area (Å²) in [7, 11) is 0. The summed E-state index contributed by atoms with van der Waals surface area (Å²) in [5.41, 5.74) is 0.315. The molecule has 0 fully saturated rings. The van der Waals surface area contributed by atoms with Crippen LogP contribution in [0.25, 0.3) is 0 Å². The van der Waals surface area contributed by atoms with Crippen LogP contribution in [0, 0.1) is 18.6 Å². The van der Waals surface area contributed by atoms with Gasteiger partial charge in [-0.1, -0.05) is 18.2 Å². The van der Waals surface area contributed by atoms with Crippen LogP contribution in [0.5, 0.6) is 5.75 Å². The quantitative estimate of drug-likeness (QED) is 0.930. The molecule has 2 aromatic rings. The van der Waals surface area contributed by atoms with Crippen LogP contribution in [0.15, 0.2) is 36.4 Å². The van der Waals surface area contributed by atoms with E-state index >= 15 is 0 Å². The van der Waals surface area contributed by atoms with Crippen LogP contribution >= 0.6 is 0 Å². The van der Waals surface area contributed by atoms with Crippen molar-refractivity contribution in [3.63, 3.8) is 0 Å². The number of halogens is 2. The van der Waals surface area contributed by atoms with Gasteiger partial charge in [0, 0.05) is 0 Å². The van der Waals surface area contributed by atoms with Crippen LogP contribution in [0.2, 0.25) is 0 Å². The molecule has 0 saturated heterocycles. The summed E-state index contributed by atoms with van der Waals surface area (Å²) in [6.45, 7) is 1.29. The van der Waals surface area contributed by atoms with Crippen LogP contribution in [-0.4, -0.2) is 11.1 Å². The molecule has 0 aliphatic heterocycles. The maximum Gasteiger partial charge on any atom is 0.339 e. The van der Waals surface area contributed by atoms with Gasteiger partial charge in [-0.3, -0.25) is 0 Å². The fourth-order valence-electron chi connectivity index (χ4n) is 1.83. The van der Waals surface area contributed by atoms with Crippen molar-refractivity contribution in [1.29, 1.82) is 0 Å². The predicted molar refractivity (Wildman–Crippen MR) is 68.8 cm³/mol. The van der Waals surface area contributed by atoms with E-state index in [-0.39, 0.29) is 23.5 Å². The molecular weight excluding hydrogens is 266 g/mol. The zero-order chi connectivity index (χ0) is 14.7. The first-order valence-corrected chi connectivity index (χ1v) is 5.89. The molecule has 1 N–H and O–H groups in total. The van der Waals surface area contributed by atoms with Crippen molar-refractivity contribution in [1.82, 2.24) is 0 Å². The zero-order valence-corrected chi connectivity index (χ0v) is 10.7. The zero-order valence-electron chi connectivity index (χ0n) is 10.7. The van der Waals surface area contributed by atoms with Crippen LogP contribution in [-0.2, 0) is 6.61 Å². The molecule has 0 bridgehead atoms. The number of aryl methyl sites for hydroxylation is 1. The van der Waals surface area contributed by atoms with Gasteiger partial charge in [0.2, 0.25) is 0 Å². The third-order valence-electron chi connectivity index (χ3n) is 2.86. The smallest absolute Gasteiger partial charge is 0.339 e. The highest BCUT2D eigenvalue weighted by atomic mass is 19.1. The summed E-state index contributed by atoms with van der Waals surface area (Å²) < 4.78 is 32.3. The highest BCUT2D eigenvalue weighted by Crippen LogP contribution is 2.25. The Morgan fingerprint density at radius 3 is 2.35 bits per heavy atom. The molecule has 2 aromatic carbocycles. The van der Waals surface area contributed by atoms with Crippen LogP contribution in [0.3, 0.4) is 0 Å². The van der Waals surface area contributed by atoms with Crippen molar-refractivity contribution >= 4 is 5.97 Å². The number of hydrogen-bond donors (Lipinski definition) is 1. The normalized spacial score (nSPS) is 10.3. The molecule has 0 heterocycles. The van der Waals surface area contributed by atoms with Gasteiger partial charge >= 0.3 is 5.97 Å². The number of hydrogen-bond acceptors (Lipinski definition) is 2. The Balaban J connectivity index is 2.30. The van der Waals surface area contributed by atoms with Crippen molar-refractivity contribution in [2.45, 2.75) is 13.5 Å². The molecule has 0 aliphatic rings. The van der Waals surface area contributed by atoms with E-state index in [2.05, 4.69) is 0 Å². The Labute approximate surface area is 114 Å².